The minimum Gasteiger partial charge on any atom is -0.486 e. The molecule has 0 spiro atoms. The number of ether oxygens (including phenoxy) is 2. The Hall–Kier alpha value is -2.80. The van der Waals surface area contributed by atoms with E-state index in [9.17, 15) is 0 Å². The minimum atomic E-state index is 0.563. The van der Waals surface area contributed by atoms with Crippen LogP contribution >= 0.6 is 0 Å². The van der Waals surface area contributed by atoms with Gasteiger partial charge in [0.05, 0.1) is 0 Å². The van der Waals surface area contributed by atoms with E-state index < -0.39 is 0 Å². The van der Waals surface area contributed by atoms with Crippen molar-refractivity contribution in [2.75, 3.05) is 44.0 Å². The number of aromatic nitrogens is 2. The van der Waals surface area contributed by atoms with Gasteiger partial charge in [0, 0.05) is 42.7 Å². The summed E-state index contributed by atoms with van der Waals surface area (Å²) in [6.45, 7) is 9.26. The van der Waals surface area contributed by atoms with E-state index in [1.165, 1.54) is 5.57 Å². The molecule has 160 valence electrons. The van der Waals surface area contributed by atoms with Gasteiger partial charge in [0.25, 0.3) is 0 Å². The molecule has 5 rings (SSSR count). The van der Waals surface area contributed by atoms with E-state index in [1.54, 1.807) is 0 Å². The lowest BCUT2D eigenvalue weighted by atomic mass is 9.97. The first-order valence-corrected chi connectivity index (χ1v) is 10.9. The number of hydrogen-bond acceptors (Lipinski definition) is 7. The molecule has 1 aromatic heterocycles. The molecular formula is C23H31N5O2. The Labute approximate surface area is 178 Å². The molecular weight excluding hydrogens is 378 g/mol. The lowest BCUT2D eigenvalue weighted by molar-refractivity contribution is 0.171. The van der Waals surface area contributed by atoms with Crippen molar-refractivity contribution in [3.8, 4) is 11.5 Å². The van der Waals surface area contributed by atoms with E-state index >= 15 is 0 Å². The van der Waals surface area contributed by atoms with Crippen molar-refractivity contribution in [1.82, 2.24) is 15.3 Å². The largest absolute Gasteiger partial charge is 0.486 e. The summed E-state index contributed by atoms with van der Waals surface area (Å²) in [5, 5.41) is 9.90. The van der Waals surface area contributed by atoms with Crippen LogP contribution in [-0.4, -0.2) is 43.3 Å². The Morgan fingerprint density at radius 1 is 1.07 bits per heavy atom. The number of nitrogens with zero attached hydrogens (tertiary/aromatic N) is 2. The van der Waals surface area contributed by atoms with Crippen molar-refractivity contribution < 1.29 is 9.47 Å². The Morgan fingerprint density at radius 2 is 1.90 bits per heavy atom. The third kappa shape index (κ3) is 4.07. The van der Waals surface area contributed by atoms with Crippen molar-refractivity contribution in [2.45, 2.75) is 27.2 Å². The molecule has 7 heteroatoms. The van der Waals surface area contributed by atoms with E-state index in [1.807, 2.05) is 40.0 Å². The van der Waals surface area contributed by atoms with E-state index in [0.717, 1.165) is 53.8 Å². The summed E-state index contributed by atoms with van der Waals surface area (Å²) in [6.07, 6.45) is 3.48. The SMILES string of the molecule is CC.CNc1cc(C)nc(Nc2cc3c(c(C4=CC5CNCC5C4)c2)OCCO3)n1. The van der Waals surface area contributed by atoms with Gasteiger partial charge in [-0.15, -0.1) is 0 Å². The molecule has 0 bridgehead atoms. The second-order valence-electron chi connectivity index (χ2n) is 7.62. The van der Waals surface area contributed by atoms with Crippen LogP contribution in [0.5, 0.6) is 11.5 Å². The monoisotopic (exact) mass is 409 g/mol. The van der Waals surface area contributed by atoms with Gasteiger partial charge in [0.2, 0.25) is 5.95 Å². The number of hydrogen-bond donors (Lipinski definition) is 3. The molecule has 3 heterocycles. The molecule has 2 unspecified atom stereocenters. The Bertz CT molecular complexity index is 943. The Kier molecular flexibility index (Phi) is 6.08. The van der Waals surface area contributed by atoms with Crippen LogP contribution < -0.4 is 25.4 Å². The van der Waals surface area contributed by atoms with Gasteiger partial charge in [0.15, 0.2) is 11.5 Å². The lowest BCUT2D eigenvalue weighted by Crippen LogP contribution is -2.17. The third-order valence-electron chi connectivity index (χ3n) is 5.64. The first-order chi connectivity index (χ1) is 14.7. The number of aryl methyl sites for hydroxylation is 1. The van der Waals surface area contributed by atoms with Crippen LogP contribution in [0, 0.1) is 18.8 Å². The lowest BCUT2D eigenvalue weighted by Gasteiger charge is -2.23. The van der Waals surface area contributed by atoms with Crippen molar-refractivity contribution in [3.05, 3.63) is 35.5 Å². The van der Waals surface area contributed by atoms with E-state index in [2.05, 4.69) is 38.1 Å². The molecule has 2 aromatic rings. The van der Waals surface area contributed by atoms with Crippen molar-refractivity contribution >= 4 is 23.0 Å². The van der Waals surface area contributed by atoms with Crippen LogP contribution in [0.1, 0.15) is 31.5 Å². The van der Waals surface area contributed by atoms with Gasteiger partial charge in [-0.3, -0.25) is 0 Å². The van der Waals surface area contributed by atoms with Gasteiger partial charge in [-0.1, -0.05) is 19.9 Å². The van der Waals surface area contributed by atoms with E-state index in [-0.39, 0.29) is 0 Å². The van der Waals surface area contributed by atoms with Crippen LogP contribution in [0.3, 0.4) is 0 Å². The molecule has 30 heavy (non-hydrogen) atoms. The van der Waals surface area contributed by atoms with Gasteiger partial charge >= 0.3 is 0 Å². The summed E-state index contributed by atoms with van der Waals surface area (Å²) < 4.78 is 11.9. The number of allylic oxidation sites excluding steroid dienone is 1. The highest BCUT2D eigenvalue weighted by atomic mass is 16.6. The molecule has 0 saturated carbocycles. The summed E-state index contributed by atoms with van der Waals surface area (Å²) in [6, 6.07) is 6.02. The summed E-state index contributed by atoms with van der Waals surface area (Å²) in [5.41, 5.74) is 4.28. The number of rotatable bonds is 4. The highest BCUT2D eigenvalue weighted by Crippen LogP contribution is 2.46. The van der Waals surface area contributed by atoms with Gasteiger partial charge in [-0.05, 0) is 43.4 Å². The molecule has 0 radical (unpaired) electrons. The number of anilines is 3. The average molecular weight is 410 g/mol. The van der Waals surface area contributed by atoms with Gasteiger partial charge in [0.1, 0.15) is 19.0 Å². The molecule has 3 N–H and O–H groups in total. The summed E-state index contributed by atoms with van der Waals surface area (Å²) in [4.78, 5) is 9.01. The van der Waals surface area contributed by atoms with Crippen LogP contribution in [0.15, 0.2) is 24.3 Å². The molecule has 1 fully saturated rings. The summed E-state index contributed by atoms with van der Waals surface area (Å²) in [5.74, 6) is 4.29. The number of fused-ring (bicyclic) bond motifs is 2. The molecule has 0 amide bonds. The Balaban J connectivity index is 0.00000106. The predicted molar refractivity (Wildman–Crippen MR) is 121 cm³/mol. The number of benzene rings is 1. The van der Waals surface area contributed by atoms with Crippen molar-refractivity contribution in [1.29, 1.82) is 0 Å². The average Bonchev–Trinajstić information content (AvgIpc) is 3.36. The number of nitrogens with one attached hydrogen (secondary N) is 3. The zero-order chi connectivity index (χ0) is 21.1. The maximum Gasteiger partial charge on any atom is 0.229 e. The van der Waals surface area contributed by atoms with Crippen molar-refractivity contribution in [3.63, 3.8) is 0 Å². The topological polar surface area (TPSA) is 80.3 Å². The summed E-state index contributed by atoms with van der Waals surface area (Å²) >= 11 is 0. The minimum absolute atomic E-state index is 0.563. The fourth-order valence-corrected chi connectivity index (χ4v) is 4.33. The molecule has 1 aliphatic carbocycles. The zero-order valence-corrected chi connectivity index (χ0v) is 18.2. The fraction of sp³-hybridized carbons (Fsp3) is 0.478. The molecule has 1 aromatic carbocycles. The maximum atomic E-state index is 6.00. The second-order valence-corrected chi connectivity index (χ2v) is 7.62. The molecule has 2 atom stereocenters. The normalized spacial score (nSPS) is 21.3. The second kappa shape index (κ2) is 8.92. The van der Waals surface area contributed by atoms with Crippen LogP contribution in [0.4, 0.5) is 17.5 Å². The standard InChI is InChI=1S/C21H25N5O2.C2H6/c1-12-5-19(22-2)26-21(24-12)25-16-8-17(20-18(9-16)27-3-4-28-20)13-6-14-10-23-11-15(14)7-13;1-2/h5-6,8-9,14-15,23H,3-4,7,10-11H2,1-2H3,(H2,22,24,25,26);1-2H3. The van der Waals surface area contributed by atoms with E-state index in [0.29, 0.717) is 31.0 Å². The smallest absolute Gasteiger partial charge is 0.229 e. The zero-order valence-electron chi connectivity index (χ0n) is 18.2. The molecule has 2 aliphatic heterocycles. The molecule has 3 aliphatic rings. The van der Waals surface area contributed by atoms with Crippen LogP contribution in [-0.2, 0) is 0 Å². The molecule has 1 saturated heterocycles. The van der Waals surface area contributed by atoms with Crippen LogP contribution in [0.2, 0.25) is 0 Å². The quantitative estimate of drug-likeness (QED) is 0.704. The van der Waals surface area contributed by atoms with Crippen molar-refractivity contribution in [2.24, 2.45) is 11.8 Å². The van der Waals surface area contributed by atoms with Gasteiger partial charge < -0.3 is 25.4 Å². The van der Waals surface area contributed by atoms with Gasteiger partial charge in [-0.25, -0.2) is 4.98 Å². The molecule has 7 nitrogen and oxygen atoms in total. The fourth-order valence-electron chi connectivity index (χ4n) is 4.33. The first kappa shape index (κ1) is 20.5. The highest BCUT2D eigenvalue weighted by molar-refractivity contribution is 5.79. The first-order valence-electron chi connectivity index (χ1n) is 10.9. The third-order valence-corrected chi connectivity index (χ3v) is 5.64. The summed E-state index contributed by atoms with van der Waals surface area (Å²) in [7, 11) is 1.85. The highest BCUT2D eigenvalue weighted by Gasteiger charge is 2.33. The van der Waals surface area contributed by atoms with E-state index in [4.69, 9.17) is 9.47 Å². The maximum absolute atomic E-state index is 6.00. The Morgan fingerprint density at radius 3 is 2.70 bits per heavy atom. The predicted octanol–water partition coefficient (Wildman–Crippen LogP) is 3.99. The van der Waals surface area contributed by atoms with Crippen LogP contribution in [0.25, 0.3) is 5.57 Å². The van der Waals surface area contributed by atoms with Gasteiger partial charge in [-0.2, -0.15) is 4.98 Å².